The number of halogens is 4. The predicted molar refractivity (Wildman–Crippen MR) is 315 cm³/mol. The Labute approximate surface area is 522 Å². The van der Waals surface area contributed by atoms with Gasteiger partial charge in [0.05, 0.1) is 38.5 Å². The minimum atomic E-state index is -1.30. The molecule has 8 aromatic rings. The van der Waals surface area contributed by atoms with E-state index in [-0.39, 0.29) is 72.0 Å². The van der Waals surface area contributed by atoms with E-state index in [1.807, 2.05) is 0 Å². The third-order valence-electron chi connectivity index (χ3n) is 14.3. The van der Waals surface area contributed by atoms with Crippen molar-refractivity contribution in [1.82, 2.24) is 9.97 Å². The Morgan fingerprint density at radius 1 is 0.438 bits per heavy atom. The largest absolute Gasteiger partial charge is 2.00 e. The van der Waals surface area contributed by atoms with E-state index in [0.29, 0.717) is 119 Å². The zero-order chi connectivity index (χ0) is 62.5. The standard InChI is InChI=1S/2C32H29F2N3O7.Mg/c2*1-42-27-17-22-24(18-28(27)43-15-3-2-4-29(38)39)35-14-11-25(22)44-26-10-9-21(16-23(26)34)37-31(41)32(12-13-32)30(40)36-20-7-5-19(33)6-8-20;/h2*5-11,14,16-18H,2-4,12-13,15H2,1H3,(H,36,40)(H,37,41)(H,38,39);/q;;+2/p-2. The maximum Gasteiger partial charge on any atom is 2.00 e. The number of aliphatic carboxylic acids is 2. The zero-order valence-electron chi connectivity index (χ0n) is 48.0. The number of amides is 4. The van der Waals surface area contributed by atoms with Gasteiger partial charge in [-0.15, -0.1) is 0 Å². The van der Waals surface area contributed by atoms with Crippen molar-refractivity contribution in [3.05, 3.63) is 157 Å². The molecule has 6 aromatic carbocycles. The molecular weight excluding hydrogens is 1180 g/mol. The number of hydrogen-bond donors (Lipinski definition) is 4. The number of hydrogen-bond acceptors (Lipinski definition) is 16. The average Bonchev–Trinajstić information content (AvgIpc) is 1.96. The quantitative estimate of drug-likeness (QED) is 0.0170. The molecule has 25 heteroatoms. The Kier molecular flexibility index (Phi) is 21.5. The molecule has 4 N–H and O–H groups in total. The fourth-order valence-electron chi connectivity index (χ4n) is 9.08. The van der Waals surface area contributed by atoms with Crippen molar-refractivity contribution in [2.45, 2.75) is 64.2 Å². The number of carbonyl (C=O) groups is 6. The molecule has 20 nitrogen and oxygen atoms in total. The van der Waals surface area contributed by atoms with Crippen LogP contribution in [0.15, 0.2) is 134 Å². The Bertz CT molecular complexity index is 3680. The molecule has 0 atom stereocenters. The van der Waals surface area contributed by atoms with Gasteiger partial charge in [0.2, 0.25) is 23.6 Å². The summed E-state index contributed by atoms with van der Waals surface area (Å²) < 4.78 is 90.8. The molecule has 2 aliphatic rings. The Balaban J connectivity index is 0.000000228. The van der Waals surface area contributed by atoms with Gasteiger partial charge < -0.3 is 69.5 Å². The predicted octanol–water partition coefficient (Wildman–Crippen LogP) is 9.56. The van der Waals surface area contributed by atoms with E-state index in [4.69, 9.17) is 28.4 Å². The monoisotopic (exact) mass is 1230 g/mol. The van der Waals surface area contributed by atoms with Crippen molar-refractivity contribution in [2.24, 2.45) is 10.8 Å². The van der Waals surface area contributed by atoms with E-state index in [2.05, 4.69) is 31.2 Å². The molecule has 0 bridgehead atoms. The van der Waals surface area contributed by atoms with Crippen LogP contribution in [-0.4, -0.2) is 96.0 Å². The van der Waals surface area contributed by atoms with Crippen LogP contribution in [0, 0.1) is 34.1 Å². The van der Waals surface area contributed by atoms with E-state index in [9.17, 15) is 47.8 Å². The van der Waals surface area contributed by atoms with E-state index >= 15 is 8.78 Å². The summed E-state index contributed by atoms with van der Waals surface area (Å²) >= 11 is 0. The van der Waals surface area contributed by atoms with Gasteiger partial charge in [-0.05, 0) is 161 Å². The number of rotatable bonds is 26. The summed E-state index contributed by atoms with van der Waals surface area (Å²) in [7, 11) is 2.93. The molecule has 2 saturated carbocycles. The molecule has 4 amide bonds. The molecule has 0 aliphatic heterocycles. The summed E-state index contributed by atoms with van der Waals surface area (Å²) in [6.45, 7) is 0.527. The first-order chi connectivity index (χ1) is 42.4. The van der Waals surface area contributed by atoms with Gasteiger partial charge in [0.1, 0.15) is 34.0 Å². The number of methoxy groups -OCH3 is 2. The summed E-state index contributed by atoms with van der Waals surface area (Å²) in [5.74, 6) is -4.90. The van der Waals surface area contributed by atoms with Crippen molar-refractivity contribution in [3.8, 4) is 46.0 Å². The minimum absolute atomic E-state index is 0. The fourth-order valence-corrected chi connectivity index (χ4v) is 9.08. The number of benzene rings is 6. The first kappa shape index (κ1) is 65.2. The number of carbonyl (C=O) groups excluding carboxylic acids is 6. The normalized spacial score (nSPS) is 13.0. The fraction of sp³-hybridized carbons (Fsp3) is 0.250. The third-order valence-corrected chi connectivity index (χ3v) is 14.3. The number of pyridine rings is 2. The molecule has 0 unspecified atom stereocenters. The molecule has 2 aromatic heterocycles. The van der Waals surface area contributed by atoms with Gasteiger partial charge in [-0.3, -0.25) is 29.1 Å². The smallest absolute Gasteiger partial charge is 0.550 e. The Morgan fingerprint density at radius 3 is 1.11 bits per heavy atom. The van der Waals surface area contributed by atoms with Gasteiger partial charge in [-0.25, -0.2) is 17.6 Å². The molecule has 456 valence electrons. The average molecular weight is 1230 g/mol. The number of fused-ring (bicyclic) bond motifs is 2. The first-order valence-corrected chi connectivity index (χ1v) is 27.7. The second kappa shape index (κ2) is 29.3. The Morgan fingerprint density at radius 2 is 0.787 bits per heavy atom. The topological polar surface area (TPSA) is 278 Å². The third kappa shape index (κ3) is 16.5. The SMILES string of the molecule is COc1cc2c(Oc3ccc(NC(=O)C4(C(=O)Nc5ccc(F)cc5)CC4)cc3F)ccnc2cc1OCCCCC(=O)[O-].COc1cc2c(Oc3ccc(NC(=O)C4(C(=O)Nc5ccc(F)cc5)CC4)cc3F)ccnc2cc1OCCCCC(=O)[O-].[Mg+2]. The number of carboxylic acid groups (broad SMARTS) is 2. The van der Waals surface area contributed by atoms with E-state index in [0.717, 1.165) is 12.1 Å². The molecule has 2 fully saturated rings. The van der Waals surface area contributed by atoms with Gasteiger partial charge in [0.15, 0.2) is 46.1 Å². The number of aromatic nitrogens is 2. The van der Waals surface area contributed by atoms with Crippen LogP contribution in [0.5, 0.6) is 46.0 Å². The van der Waals surface area contributed by atoms with Crippen LogP contribution >= 0.6 is 0 Å². The number of carboxylic acids is 2. The van der Waals surface area contributed by atoms with Crippen LogP contribution in [0.4, 0.5) is 40.3 Å². The molecule has 2 aliphatic carbocycles. The van der Waals surface area contributed by atoms with Crippen LogP contribution in [0.1, 0.15) is 64.2 Å². The van der Waals surface area contributed by atoms with Crippen molar-refractivity contribution < 1.29 is 85.0 Å². The van der Waals surface area contributed by atoms with Crippen molar-refractivity contribution in [2.75, 3.05) is 48.7 Å². The molecule has 0 saturated heterocycles. The Hall–Kier alpha value is -9.75. The van der Waals surface area contributed by atoms with Crippen molar-refractivity contribution >= 4 is 103 Å². The minimum Gasteiger partial charge on any atom is -0.550 e. The van der Waals surface area contributed by atoms with Gasteiger partial charge in [-0.1, -0.05) is 0 Å². The van der Waals surface area contributed by atoms with Crippen LogP contribution in [0.2, 0.25) is 0 Å². The molecule has 2 heterocycles. The second-order valence-electron chi connectivity index (χ2n) is 20.5. The molecule has 10 rings (SSSR count). The second-order valence-corrected chi connectivity index (χ2v) is 20.5. The molecule has 89 heavy (non-hydrogen) atoms. The maximum atomic E-state index is 15.2. The van der Waals surface area contributed by atoms with Gasteiger partial charge in [0, 0.05) is 82.1 Å². The van der Waals surface area contributed by atoms with Gasteiger partial charge in [-0.2, -0.15) is 0 Å². The molecule has 0 spiro atoms. The van der Waals surface area contributed by atoms with E-state index in [1.165, 1.54) is 99.4 Å². The number of ether oxygens (including phenoxy) is 6. The number of nitrogens with zero attached hydrogens (tertiary/aromatic N) is 2. The summed E-state index contributed by atoms with van der Waals surface area (Å²) in [6, 6.07) is 27.9. The first-order valence-electron chi connectivity index (χ1n) is 27.7. The number of anilines is 4. The van der Waals surface area contributed by atoms with Crippen LogP contribution in [0.3, 0.4) is 0 Å². The summed E-state index contributed by atoms with van der Waals surface area (Å²) in [6.07, 6.45) is 6.00. The number of nitrogens with one attached hydrogen (secondary N) is 4. The zero-order valence-corrected chi connectivity index (χ0v) is 49.4. The van der Waals surface area contributed by atoms with Gasteiger partial charge in [0.25, 0.3) is 0 Å². The van der Waals surface area contributed by atoms with Crippen LogP contribution < -0.4 is 59.9 Å². The summed E-state index contributed by atoms with van der Waals surface area (Å²) in [5.41, 5.74) is -0.608. The van der Waals surface area contributed by atoms with Crippen molar-refractivity contribution in [3.63, 3.8) is 0 Å². The number of unbranched alkanes of at least 4 members (excludes halogenated alkanes) is 2. The maximum absolute atomic E-state index is 15.2. The molecule has 0 radical (unpaired) electrons. The van der Waals surface area contributed by atoms with Crippen molar-refractivity contribution in [1.29, 1.82) is 0 Å². The summed E-state index contributed by atoms with van der Waals surface area (Å²) in [4.78, 5) is 81.4. The molecular formula is C64H56F4MgN6O14. The van der Waals surface area contributed by atoms with Crippen LogP contribution in [-0.2, 0) is 28.8 Å². The van der Waals surface area contributed by atoms with E-state index in [1.54, 1.807) is 36.4 Å². The summed E-state index contributed by atoms with van der Waals surface area (Å²) in [5, 5.41) is 32.7. The van der Waals surface area contributed by atoms with E-state index < -0.39 is 69.7 Å². The van der Waals surface area contributed by atoms with Crippen LogP contribution in [0.25, 0.3) is 21.8 Å². The van der Waals surface area contributed by atoms with Gasteiger partial charge >= 0.3 is 23.1 Å².